The monoisotopic (exact) mass is 309 g/mol. The van der Waals surface area contributed by atoms with Gasteiger partial charge in [0.05, 0.1) is 19.2 Å². The Balaban J connectivity index is 1.79. The number of ether oxygens (including phenoxy) is 1. The first-order valence-electron chi connectivity index (χ1n) is 7.66. The number of hydrogen-bond acceptors (Lipinski definition) is 3. The fraction of sp³-hybridized carbons (Fsp3) is 0.263. The van der Waals surface area contributed by atoms with Gasteiger partial charge in [-0.05, 0) is 23.3 Å². The van der Waals surface area contributed by atoms with Crippen LogP contribution in [0.3, 0.4) is 0 Å². The third kappa shape index (κ3) is 3.32. The summed E-state index contributed by atoms with van der Waals surface area (Å²) in [6.45, 7) is 0.562. The van der Waals surface area contributed by atoms with Gasteiger partial charge in [0.15, 0.2) is 5.78 Å². The molecule has 3 rings (SSSR count). The minimum absolute atomic E-state index is 0.0845. The van der Waals surface area contributed by atoms with Crippen molar-refractivity contribution in [3.05, 3.63) is 60.2 Å². The number of hydrogen-bond donors (Lipinski definition) is 0. The molecule has 0 saturated carbocycles. The number of ketones is 1. The van der Waals surface area contributed by atoms with Crippen molar-refractivity contribution in [3.8, 4) is 11.1 Å². The van der Waals surface area contributed by atoms with E-state index in [2.05, 4.69) is 0 Å². The fourth-order valence-electron chi connectivity index (χ4n) is 2.94. The Hall–Kier alpha value is -2.46. The average molecular weight is 309 g/mol. The fourth-order valence-corrected chi connectivity index (χ4v) is 2.94. The van der Waals surface area contributed by atoms with E-state index in [1.807, 2.05) is 54.6 Å². The predicted octanol–water partition coefficient (Wildman–Crippen LogP) is 2.78. The maximum atomic E-state index is 12.6. The summed E-state index contributed by atoms with van der Waals surface area (Å²) in [6, 6.07) is 17.4. The van der Waals surface area contributed by atoms with Gasteiger partial charge in [-0.2, -0.15) is 0 Å². The standard InChI is InChI=1S/C19H19NO3/c1-23-13-17-11-18(21)12-20(17)19(22)16-9-7-15(8-10-16)14-5-3-2-4-6-14/h2-10,17H,11-13H2,1H3/t17-/m1/s1. The highest BCUT2D eigenvalue weighted by atomic mass is 16.5. The molecule has 0 radical (unpaired) electrons. The Kier molecular flexibility index (Phi) is 4.53. The van der Waals surface area contributed by atoms with E-state index < -0.39 is 0 Å². The molecule has 0 aromatic heterocycles. The summed E-state index contributed by atoms with van der Waals surface area (Å²) >= 11 is 0. The van der Waals surface area contributed by atoms with E-state index in [1.165, 1.54) is 0 Å². The lowest BCUT2D eigenvalue weighted by atomic mass is 10.0. The number of methoxy groups -OCH3 is 1. The third-order valence-corrected chi connectivity index (χ3v) is 4.11. The normalized spacial score (nSPS) is 17.5. The second-order valence-corrected chi connectivity index (χ2v) is 5.73. The number of benzene rings is 2. The number of amides is 1. The van der Waals surface area contributed by atoms with Gasteiger partial charge in [0.25, 0.3) is 5.91 Å². The molecule has 0 N–H and O–H groups in total. The van der Waals surface area contributed by atoms with Crippen LogP contribution in [0, 0.1) is 0 Å². The van der Waals surface area contributed by atoms with Crippen molar-refractivity contribution in [3.63, 3.8) is 0 Å². The molecule has 1 aliphatic heterocycles. The molecule has 118 valence electrons. The molecule has 0 bridgehead atoms. The molecule has 1 atom stereocenters. The van der Waals surface area contributed by atoms with Crippen molar-refractivity contribution in [2.75, 3.05) is 20.3 Å². The predicted molar refractivity (Wildman–Crippen MR) is 88.2 cm³/mol. The van der Waals surface area contributed by atoms with Crippen LogP contribution >= 0.6 is 0 Å². The summed E-state index contributed by atoms with van der Waals surface area (Å²) in [5, 5.41) is 0. The second-order valence-electron chi connectivity index (χ2n) is 5.73. The van der Waals surface area contributed by atoms with Crippen LogP contribution in [0.4, 0.5) is 0 Å². The summed E-state index contributed by atoms with van der Waals surface area (Å²) < 4.78 is 5.12. The van der Waals surface area contributed by atoms with E-state index in [4.69, 9.17) is 4.74 Å². The van der Waals surface area contributed by atoms with Crippen LogP contribution < -0.4 is 0 Å². The molecular formula is C19H19NO3. The Morgan fingerprint density at radius 3 is 2.39 bits per heavy atom. The topological polar surface area (TPSA) is 46.6 Å². The Morgan fingerprint density at radius 2 is 1.74 bits per heavy atom. The quantitative estimate of drug-likeness (QED) is 0.872. The van der Waals surface area contributed by atoms with Crippen molar-refractivity contribution in [1.29, 1.82) is 0 Å². The first-order chi connectivity index (χ1) is 11.2. The zero-order chi connectivity index (χ0) is 16.2. The van der Waals surface area contributed by atoms with Crippen LogP contribution in [0.25, 0.3) is 11.1 Å². The zero-order valence-corrected chi connectivity index (χ0v) is 13.1. The lowest BCUT2D eigenvalue weighted by Gasteiger charge is -2.23. The van der Waals surface area contributed by atoms with Gasteiger partial charge < -0.3 is 9.64 Å². The van der Waals surface area contributed by atoms with E-state index in [-0.39, 0.29) is 24.3 Å². The second kappa shape index (κ2) is 6.75. The molecule has 2 aromatic rings. The first kappa shape index (κ1) is 15.4. The van der Waals surface area contributed by atoms with Gasteiger partial charge in [-0.25, -0.2) is 0 Å². The number of carbonyl (C=O) groups excluding carboxylic acids is 2. The van der Waals surface area contributed by atoms with Gasteiger partial charge in [-0.1, -0.05) is 42.5 Å². The molecule has 1 fully saturated rings. The van der Waals surface area contributed by atoms with E-state index in [0.29, 0.717) is 18.6 Å². The summed E-state index contributed by atoms with van der Waals surface area (Å²) in [6.07, 6.45) is 0.377. The molecule has 0 aliphatic carbocycles. The summed E-state index contributed by atoms with van der Waals surface area (Å²) in [5.41, 5.74) is 2.77. The van der Waals surface area contributed by atoms with Crippen molar-refractivity contribution < 1.29 is 14.3 Å². The minimum Gasteiger partial charge on any atom is -0.383 e. The van der Waals surface area contributed by atoms with Crippen LogP contribution in [0.2, 0.25) is 0 Å². The van der Waals surface area contributed by atoms with E-state index in [9.17, 15) is 9.59 Å². The molecule has 1 aliphatic rings. The lowest BCUT2D eigenvalue weighted by Crippen LogP contribution is -2.38. The van der Waals surface area contributed by atoms with Crippen molar-refractivity contribution in [2.24, 2.45) is 0 Å². The highest BCUT2D eigenvalue weighted by Crippen LogP contribution is 2.22. The van der Waals surface area contributed by atoms with Crippen molar-refractivity contribution in [1.82, 2.24) is 4.90 Å². The minimum atomic E-state index is -0.159. The highest BCUT2D eigenvalue weighted by molar-refractivity contribution is 5.99. The molecular weight excluding hydrogens is 290 g/mol. The number of carbonyl (C=O) groups is 2. The molecule has 4 nitrogen and oxygen atoms in total. The first-order valence-corrected chi connectivity index (χ1v) is 7.66. The summed E-state index contributed by atoms with van der Waals surface area (Å²) in [5.74, 6) is -0.0289. The molecule has 1 heterocycles. The Bertz CT molecular complexity index is 694. The summed E-state index contributed by atoms with van der Waals surface area (Å²) in [7, 11) is 1.58. The molecule has 0 unspecified atom stereocenters. The lowest BCUT2D eigenvalue weighted by molar-refractivity contribution is -0.116. The van der Waals surface area contributed by atoms with Crippen LogP contribution in [-0.2, 0) is 9.53 Å². The van der Waals surface area contributed by atoms with Crippen LogP contribution in [0.5, 0.6) is 0 Å². The van der Waals surface area contributed by atoms with Crippen LogP contribution in [0.15, 0.2) is 54.6 Å². The van der Waals surface area contributed by atoms with E-state index in [1.54, 1.807) is 12.0 Å². The van der Waals surface area contributed by atoms with Gasteiger partial charge in [0, 0.05) is 19.1 Å². The van der Waals surface area contributed by atoms with Gasteiger partial charge in [-0.3, -0.25) is 9.59 Å². The summed E-state index contributed by atoms with van der Waals surface area (Å²) in [4.78, 5) is 25.9. The smallest absolute Gasteiger partial charge is 0.254 e. The van der Waals surface area contributed by atoms with Crippen LogP contribution in [0.1, 0.15) is 16.8 Å². The van der Waals surface area contributed by atoms with Crippen LogP contribution in [-0.4, -0.2) is 42.9 Å². The van der Waals surface area contributed by atoms with Gasteiger partial charge in [0.2, 0.25) is 0 Å². The largest absolute Gasteiger partial charge is 0.383 e. The number of nitrogens with zero attached hydrogens (tertiary/aromatic N) is 1. The molecule has 2 aromatic carbocycles. The number of Topliss-reactive ketones (excluding diaryl/α,β-unsaturated/α-hetero) is 1. The van der Waals surface area contributed by atoms with E-state index in [0.717, 1.165) is 11.1 Å². The highest BCUT2D eigenvalue weighted by Gasteiger charge is 2.34. The molecule has 1 saturated heterocycles. The SMILES string of the molecule is COC[C@H]1CC(=O)CN1C(=O)c1ccc(-c2ccccc2)cc1. The van der Waals surface area contributed by atoms with Crippen molar-refractivity contribution >= 4 is 11.7 Å². The molecule has 1 amide bonds. The van der Waals surface area contributed by atoms with Gasteiger partial charge in [0.1, 0.15) is 0 Å². The zero-order valence-electron chi connectivity index (χ0n) is 13.1. The Morgan fingerprint density at radius 1 is 1.09 bits per heavy atom. The maximum absolute atomic E-state index is 12.6. The molecule has 0 spiro atoms. The van der Waals surface area contributed by atoms with E-state index >= 15 is 0 Å². The average Bonchev–Trinajstić information content (AvgIpc) is 2.96. The van der Waals surface area contributed by atoms with Gasteiger partial charge in [-0.15, -0.1) is 0 Å². The van der Waals surface area contributed by atoms with Crippen molar-refractivity contribution in [2.45, 2.75) is 12.5 Å². The molecule has 4 heteroatoms. The number of likely N-dealkylation sites (tertiary alicyclic amines) is 1. The molecule has 23 heavy (non-hydrogen) atoms. The Labute approximate surface area is 135 Å². The third-order valence-electron chi connectivity index (χ3n) is 4.11. The number of rotatable bonds is 4. The maximum Gasteiger partial charge on any atom is 0.254 e. The van der Waals surface area contributed by atoms with Gasteiger partial charge >= 0.3 is 0 Å².